The molecule has 1 atom stereocenters. The van der Waals surface area contributed by atoms with Crippen LogP contribution in [0.1, 0.15) is 35.7 Å². The maximum Gasteiger partial charge on any atom is 0.248 e. The van der Waals surface area contributed by atoms with Gasteiger partial charge >= 0.3 is 0 Å². The van der Waals surface area contributed by atoms with E-state index in [9.17, 15) is 18.0 Å². The van der Waals surface area contributed by atoms with Gasteiger partial charge in [-0.25, -0.2) is 8.42 Å². The average molecular weight is 435 g/mol. The van der Waals surface area contributed by atoms with Crippen LogP contribution in [-0.4, -0.2) is 66.7 Å². The summed E-state index contributed by atoms with van der Waals surface area (Å²) in [4.78, 5) is 26.0. The highest BCUT2D eigenvalue weighted by atomic mass is 32.2. The molecule has 1 aliphatic heterocycles. The fourth-order valence-electron chi connectivity index (χ4n) is 3.50. The van der Waals surface area contributed by atoms with E-state index in [1.165, 1.54) is 11.2 Å². The SMILES string of the molecule is CC(=O)c1ccc(NC(=O)[C@H](C)N2CCN(S(=O)(=O)c3c(C)noc3C)CC2)cc1. The van der Waals surface area contributed by atoms with Gasteiger partial charge in [0.05, 0.1) is 6.04 Å². The number of aryl methyl sites for hydroxylation is 2. The van der Waals surface area contributed by atoms with Crippen LogP contribution in [-0.2, 0) is 14.8 Å². The van der Waals surface area contributed by atoms with Gasteiger partial charge in [0.2, 0.25) is 15.9 Å². The van der Waals surface area contributed by atoms with Crippen LogP contribution < -0.4 is 5.32 Å². The number of sulfonamides is 1. The lowest BCUT2D eigenvalue weighted by atomic mass is 10.1. The van der Waals surface area contributed by atoms with E-state index in [2.05, 4.69) is 10.5 Å². The second-order valence-electron chi connectivity index (χ2n) is 7.39. The van der Waals surface area contributed by atoms with Crippen molar-refractivity contribution in [2.45, 2.75) is 38.6 Å². The molecule has 162 valence electrons. The summed E-state index contributed by atoms with van der Waals surface area (Å²) in [6.07, 6.45) is 0. The zero-order valence-electron chi connectivity index (χ0n) is 17.5. The molecule has 0 aliphatic carbocycles. The van der Waals surface area contributed by atoms with Gasteiger partial charge in [-0.15, -0.1) is 0 Å². The molecule has 3 rings (SSSR count). The van der Waals surface area contributed by atoms with Crippen molar-refractivity contribution >= 4 is 27.4 Å². The minimum Gasteiger partial charge on any atom is -0.360 e. The van der Waals surface area contributed by atoms with E-state index in [1.807, 2.05) is 4.90 Å². The second-order valence-corrected chi connectivity index (χ2v) is 9.27. The molecule has 0 unspecified atom stereocenters. The fraction of sp³-hybridized carbons (Fsp3) is 0.450. The summed E-state index contributed by atoms with van der Waals surface area (Å²) in [5.74, 6) is 0.0525. The molecule has 2 heterocycles. The van der Waals surface area contributed by atoms with Crippen LogP contribution in [0.4, 0.5) is 5.69 Å². The zero-order valence-corrected chi connectivity index (χ0v) is 18.3. The molecule has 0 saturated carbocycles. The Morgan fingerprint density at radius 1 is 1.10 bits per heavy atom. The first-order chi connectivity index (χ1) is 14.1. The molecule has 30 heavy (non-hydrogen) atoms. The molecule has 10 heteroatoms. The van der Waals surface area contributed by atoms with Crippen LogP contribution in [0.25, 0.3) is 0 Å². The first-order valence-electron chi connectivity index (χ1n) is 9.70. The number of nitrogens with zero attached hydrogens (tertiary/aromatic N) is 3. The zero-order chi connectivity index (χ0) is 22.1. The third kappa shape index (κ3) is 4.45. The van der Waals surface area contributed by atoms with Crippen LogP contribution in [0.2, 0.25) is 0 Å². The average Bonchev–Trinajstić information content (AvgIpc) is 3.06. The van der Waals surface area contributed by atoms with Crippen molar-refractivity contribution < 1.29 is 22.5 Å². The molecule has 0 bridgehead atoms. The number of ketones is 1. The Labute approximate surface area is 176 Å². The normalized spacial score (nSPS) is 16.9. The Morgan fingerprint density at radius 3 is 2.20 bits per heavy atom. The van der Waals surface area contributed by atoms with Crippen molar-refractivity contribution in [3.8, 4) is 0 Å². The van der Waals surface area contributed by atoms with Gasteiger partial charge < -0.3 is 9.84 Å². The molecule has 2 aromatic rings. The molecular formula is C20H26N4O5S. The summed E-state index contributed by atoms with van der Waals surface area (Å²) < 4.78 is 32.2. The molecule has 9 nitrogen and oxygen atoms in total. The van der Waals surface area contributed by atoms with Crippen LogP contribution in [0.5, 0.6) is 0 Å². The number of hydrogen-bond donors (Lipinski definition) is 1. The maximum absolute atomic E-state index is 12.9. The van der Waals surface area contributed by atoms with Crippen molar-refractivity contribution in [1.29, 1.82) is 0 Å². The number of piperazine rings is 1. The van der Waals surface area contributed by atoms with Crippen LogP contribution in [0, 0.1) is 13.8 Å². The van der Waals surface area contributed by atoms with Crippen molar-refractivity contribution in [3.05, 3.63) is 41.3 Å². The van der Waals surface area contributed by atoms with E-state index in [-0.39, 0.29) is 35.4 Å². The van der Waals surface area contributed by atoms with Crippen molar-refractivity contribution in [2.24, 2.45) is 0 Å². The molecule has 1 N–H and O–H groups in total. The number of carbonyl (C=O) groups excluding carboxylic acids is 2. The first-order valence-corrected chi connectivity index (χ1v) is 11.1. The number of carbonyl (C=O) groups is 2. The second kappa shape index (κ2) is 8.66. The fourth-order valence-corrected chi connectivity index (χ4v) is 5.22. The lowest BCUT2D eigenvalue weighted by Gasteiger charge is -2.36. The molecule has 1 fully saturated rings. The minimum atomic E-state index is -3.69. The highest BCUT2D eigenvalue weighted by Crippen LogP contribution is 2.24. The van der Waals surface area contributed by atoms with Crippen molar-refractivity contribution in [3.63, 3.8) is 0 Å². The lowest BCUT2D eigenvalue weighted by Crippen LogP contribution is -2.54. The monoisotopic (exact) mass is 434 g/mol. The predicted molar refractivity (Wildman–Crippen MR) is 111 cm³/mol. The van der Waals surface area contributed by atoms with Gasteiger partial charge in [-0.2, -0.15) is 4.31 Å². The van der Waals surface area contributed by atoms with Crippen LogP contribution >= 0.6 is 0 Å². The first kappa shape index (κ1) is 22.1. The minimum absolute atomic E-state index is 0.0364. The Morgan fingerprint density at radius 2 is 1.70 bits per heavy atom. The van der Waals surface area contributed by atoms with E-state index < -0.39 is 16.1 Å². The molecule has 1 amide bonds. The number of Topliss-reactive ketones (excluding diaryl/α,β-unsaturated/α-hetero) is 1. The largest absolute Gasteiger partial charge is 0.360 e. The molecule has 1 saturated heterocycles. The van der Waals surface area contributed by atoms with E-state index in [1.54, 1.807) is 45.0 Å². The van der Waals surface area contributed by atoms with Gasteiger partial charge in [-0.1, -0.05) is 5.16 Å². The highest BCUT2D eigenvalue weighted by Gasteiger charge is 2.35. The van der Waals surface area contributed by atoms with E-state index in [4.69, 9.17) is 4.52 Å². The Kier molecular flexibility index (Phi) is 6.39. The van der Waals surface area contributed by atoms with Gasteiger partial charge in [0.1, 0.15) is 10.6 Å². The van der Waals surface area contributed by atoms with E-state index in [0.29, 0.717) is 30.0 Å². The van der Waals surface area contributed by atoms with Gasteiger partial charge in [-0.3, -0.25) is 14.5 Å². The van der Waals surface area contributed by atoms with Crippen LogP contribution in [0.3, 0.4) is 0 Å². The molecule has 0 radical (unpaired) electrons. The van der Waals surface area contributed by atoms with Gasteiger partial charge in [0.25, 0.3) is 0 Å². The molecule has 1 aromatic carbocycles. The molecular weight excluding hydrogens is 408 g/mol. The summed E-state index contributed by atoms with van der Waals surface area (Å²) in [7, 11) is -3.69. The van der Waals surface area contributed by atoms with Crippen LogP contribution in [0.15, 0.2) is 33.7 Å². The number of rotatable bonds is 6. The number of benzene rings is 1. The summed E-state index contributed by atoms with van der Waals surface area (Å²) in [5.41, 5.74) is 1.53. The quantitative estimate of drug-likeness (QED) is 0.690. The summed E-state index contributed by atoms with van der Waals surface area (Å²) in [6, 6.07) is 6.29. The molecule has 0 spiro atoms. The lowest BCUT2D eigenvalue weighted by molar-refractivity contribution is -0.121. The van der Waals surface area contributed by atoms with E-state index in [0.717, 1.165) is 0 Å². The number of amides is 1. The van der Waals surface area contributed by atoms with Gasteiger partial charge in [0, 0.05) is 37.4 Å². The van der Waals surface area contributed by atoms with Crippen molar-refractivity contribution in [2.75, 3.05) is 31.5 Å². The number of hydrogen-bond acceptors (Lipinski definition) is 7. The van der Waals surface area contributed by atoms with E-state index >= 15 is 0 Å². The van der Waals surface area contributed by atoms with Crippen molar-refractivity contribution in [1.82, 2.24) is 14.4 Å². The smallest absolute Gasteiger partial charge is 0.248 e. The van der Waals surface area contributed by atoms with Gasteiger partial charge in [-0.05, 0) is 52.0 Å². The maximum atomic E-state index is 12.9. The number of nitrogens with one attached hydrogen (secondary N) is 1. The number of aromatic nitrogens is 1. The Bertz CT molecular complexity index is 1020. The highest BCUT2D eigenvalue weighted by molar-refractivity contribution is 7.89. The molecule has 1 aromatic heterocycles. The third-order valence-corrected chi connectivity index (χ3v) is 7.47. The predicted octanol–water partition coefficient (Wildman–Crippen LogP) is 1.83. The standard InChI is InChI=1S/C20H26N4O5S/c1-13-19(16(4)29-22-13)30(27,28)24-11-9-23(10-12-24)14(2)20(26)21-18-7-5-17(6-8-18)15(3)25/h5-8,14H,9-12H2,1-4H3,(H,21,26)/t14-/m0/s1. The number of anilines is 1. The summed E-state index contributed by atoms with van der Waals surface area (Å²) in [6.45, 7) is 7.88. The summed E-state index contributed by atoms with van der Waals surface area (Å²) >= 11 is 0. The molecule has 1 aliphatic rings. The topological polar surface area (TPSA) is 113 Å². The summed E-state index contributed by atoms with van der Waals surface area (Å²) in [5, 5.41) is 6.58. The third-order valence-electron chi connectivity index (χ3n) is 5.33. The Hall–Kier alpha value is -2.56. The Balaban J connectivity index is 1.60. The van der Waals surface area contributed by atoms with Gasteiger partial charge in [0.15, 0.2) is 11.5 Å².